The van der Waals surface area contributed by atoms with Gasteiger partial charge in [-0.15, -0.1) is 0 Å². The highest BCUT2D eigenvalue weighted by Crippen LogP contribution is 2.28. The molecule has 1 N–H and O–H groups in total. The van der Waals surface area contributed by atoms with Gasteiger partial charge in [-0.2, -0.15) is 5.10 Å². The van der Waals surface area contributed by atoms with Crippen LogP contribution < -0.4 is 10.2 Å². The highest BCUT2D eigenvalue weighted by molar-refractivity contribution is 5.82. The molecular weight excluding hydrogens is 288 g/mol. The van der Waals surface area contributed by atoms with E-state index >= 15 is 0 Å². The number of carbonyl (C=O) groups is 1. The van der Waals surface area contributed by atoms with E-state index in [0.717, 1.165) is 23.3 Å². The molecule has 4 nitrogen and oxygen atoms in total. The van der Waals surface area contributed by atoms with Gasteiger partial charge in [-0.3, -0.25) is 4.79 Å². The number of hydrazone groups is 1. The molecule has 0 radical (unpaired) electrons. The summed E-state index contributed by atoms with van der Waals surface area (Å²) >= 11 is 0. The molecule has 0 fully saturated rings. The number of benzene rings is 2. The minimum Gasteiger partial charge on any atom is -0.483 e. The highest BCUT2D eigenvalue weighted by atomic mass is 16.5. The van der Waals surface area contributed by atoms with Gasteiger partial charge in [0.25, 0.3) is 5.91 Å². The van der Waals surface area contributed by atoms with Crippen molar-refractivity contribution >= 4 is 12.1 Å². The molecule has 0 aliphatic carbocycles. The molecule has 0 aromatic heterocycles. The zero-order valence-electron chi connectivity index (χ0n) is 13.5. The lowest BCUT2D eigenvalue weighted by atomic mass is 9.98. The van der Waals surface area contributed by atoms with Gasteiger partial charge in [0, 0.05) is 0 Å². The van der Waals surface area contributed by atoms with E-state index < -0.39 is 0 Å². The second-order valence-electron chi connectivity index (χ2n) is 5.34. The number of rotatable bonds is 7. The van der Waals surface area contributed by atoms with Gasteiger partial charge in [0.05, 0.1) is 6.21 Å². The average molecular weight is 310 g/mol. The van der Waals surface area contributed by atoms with Crippen LogP contribution in [0.25, 0.3) is 0 Å². The number of nitrogens with one attached hydrogen (secondary N) is 1. The minimum atomic E-state index is -0.281. The standard InChI is InChI=1S/C19H22N2O2/c1-3-15(2)17-11-7-8-12-18(17)23-14-19(22)21-20-13-16-9-5-4-6-10-16/h4-13,15H,3,14H2,1-2H3,(H,21,22). The third kappa shape index (κ3) is 5.25. The van der Waals surface area contributed by atoms with Crippen LogP contribution in [0.4, 0.5) is 0 Å². The average Bonchev–Trinajstić information content (AvgIpc) is 2.60. The molecule has 0 bridgehead atoms. The molecule has 0 saturated heterocycles. The summed E-state index contributed by atoms with van der Waals surface area (Å²) in [6, 6.07) is 17.4. The Labute approximate surface area is 137 Å². The topological polar surface area (TPSA) is 50.7 Å². The minimum absolute atomic E-state index is 0.0560. The van der Waals surface area contributed by atoms with Crippen molar-refractivity contribution in [2.45, 2.75) is 26.2 Å². The summed E-state index contributed by atoms with van der Waals surface area (Å²) in [6.07, 6.45) is 2.62. The van der Waals surface area contributed by atoms with Crippen LogP contribution in [0.5, 0.6) is 5.75 Å². The number of ether oxygens (including phenoxy) is 1. The normalized spacial score (nSPS) is 12.1. The van der Waals surface area contributed by atoms with Crippen LogP contribution >= 0.6 is 0 Å². The van der Waals surface area contributed by atoms with Crippen LogP contribution in [0.3, 0.4) is 0 Å². The molecule has 120 valence electrons. The molecule has 4 heteroatoms. The predicted molar refractivity (Wildman–Crippen MR) is 92.8 cm³/mol. The molecule has 23 heavy (non-hydrogen) atoms. The fraction of sp³-hybridized carbons (Fsp3) is 0.263. The third-order valence-corrected chi connectivity index (χ3v) is 3.62. The van der Waals surface area contributed by atoms with Gasteiger partial charge in [-0.1, -0.05) is 62.4 Å². The Hall–Kier alpha value is -2.62. The van der Waals surface area contributed by atoms with E-state index in [1.54, 1.807) is 6.21 Å². The Kier molecular flexibility index (Phi) is 6.36. The fourth-order valence-corrected chi connectivity index (χ4v) is 2.13. The molecule has 0 aliphatic rings. The molecule has 2 rings (SSSR count). The largest absolute Gasteiger partial charge is 0.483 e. The van der Waals surface area contributed by atoms with E-state index in [9.17, 15) is 4.79 Å². The van der Waals surface area contributed by atoms with E-state index in [0.29, 0.717) is 5.92 Å². The molecule has 0 aliphatic heterocycles. The van der Waals surface area contributed by atoms with Crippen LogP contribution in [0.2, 0.25) is 0 Å². The number of carbonyl (C=O) groups excluding carboxylic acids is 1. The number of amides is 1. The Morgan fingerprint density at radius 2 is 1.87 bits per heavy atom. The first kappa shape index (κ1) is 16.7. The maximum absolute atomic E-state index is 11.8. The summed E-state index contributed by atoms with van der Waals surface area (Å²) in [7, 11) is 0. The van der Waals surface area contributed by atoms with Gasteiger partial charge in [-0.25, -0.2) is 5.43 Å². The summed E-state index contributed by atoms with van der Waals surface area (Å²) in [4.78, 5) is 11.8. The zero-order valence-corrected chi connectivity index (χ0v) is 13.5. The van der Waals surface area contributed by atoms with Crippen LogP contribution in [0.1, 0.15) is 37.3 Å². The Balaban J connectivity index is 1.86. The van der Waals surface area contributed by atoms with Crippen molar-refractivity contribution in [2.24, 2.45) is 5.10 Å². The maximum Gasteiger partial charge on any atom is 0.277 e. The van der Waals surface area contributed by atoms with Crippen molar-refractivity contribution in [2.75, 3.05) is 6.61 Å². The van der Waals surface area contributed by atoms with Crippen molar-refractivity contribution in [3.8, 4) is 5.75 Å². The Morgan fingerprint density at radius 3 is 2.61 bits per heavy atom. The third-order valence-electron chi connectivity index (χ3n) is 3.62. The van der Waals surface area contributed by atoms with Crippen LogP contribution in [0.15, 0.2) is 59.7 Å². The van der Waals surface area contributed by atoms with Crippen LogP contribution in [-0.2, 0) is 4.79 Å². The second kappa shape index (κ2) is 8.73. The summed E-state index contributed by atoms with van der Waals surface area (Å²) < 4.78 is 5.64. The molecule has 1 amide bonds. The molecule has 2 aromatic carbocycles. The summed E-state index contributed by atoms with van der Waals surface area (Å²) in [6.45, 7) is 4.22. The fourth-order valence-electron chi connectivity index (χ4n) is 2.13. The molecular formula is C19H22N2O2. The van der Waals surface area contributed by atoms with Crippen LogP contribution in [0, 0.1) is 0 Å². The monoisotopic (exact) mass is 310 g/mol. The second-order valence-corrected chi connectivity index (χ2v) is 5.34. The first-order valence-electron chi connectivity index (χ1n) is 7.79. The zero-order chi connectivity index (χ0) is 16.5. The van der Waals surface area contributed by atoms with Gasteiger partial charge in [0.2, 0.25) is 0 Å². The number of hydrogen-bond donors (Lipinski definition) is 1. The first-order valence-corrected chi connectivity index (χ1v) is 7.79. The molecule has 0 heterocycles. The predicted octanol–water partition coefficient (Wildman–Crippen LogP) is 3.73. The number of hydrogen-bond acceptors (Lipinski definition) is 3. The maximum atomic E-state index is 11.8. The first-order chi connectivity index (χ1) is 11.2. The van der Waals surface area contributed by atoms with E-state index in [-0.39, 0.29) is 12.5 Å². The van der Waals surface area contributed by atoms with Crippen molar-refractivity contribution in [1.82, 2.24) is 5.43 Å². The van der Waals surface area contributed by atoms with E-state index in [4.69, 9.17) is 4.74 Å². The lowest BCUT2D eigenvalue weighted by Crippen LogP contribution is -2.24. The SMILES string of the molecule is CCC(C)c1ccccc1OCC(=O)NN=Cc1ccccc1. The summed E-state index contributed by atoms with van der Waals surface area (Å²) in [5.41, 5.74) is 4.52. The van der Waals surface area contributed by atoms with Crippen LogP contribution in [-0.4, -0.2) is 18.7 Å². The Morgan fingerprint density at radius 1 is 1.17 bits per heavy atom. The van der Waals surface area contributed by atoms with E-state index in [1.807, 2.05) is 54.6 Å². The molecule has 0 spiro atoms. The highest BCUT2D eigenvalue weighted by Gasteiger charge is 2.10. The van der Waals surface area contributed by atoms with Gasteiger partial charge < -0.3 is 4.74 Å². The number of nitrogens with zero attached hydrogens (tertiary/aromatic N) is 1. The molecule has 2 aromatic rings. The smallest absolute Gasteiger partial charge is 0.277 e. The van der Waals surface area contributed by atoms with Gasteiger partial charge in [-0.05, 0) is 29.5 Å². The van der Waals surface area contributed by atoms with Gasteiger partial charge >= 0.3 is 0 Å². The van der Waals surface area contributed by atoms with Crippen molar-refractivity contribution in [1.29, 1.82) is 0 Å². The quantitative estimate of drug-likeness (QED) is 0.626. The Bertz CT molecular complexity index is 653. The van der Waals surface area contributed by atoms with Crippen molar-refractivity contribution in [3.05, 3.63) is 65.7 Å². The molecule has 0 saturated carbocycles. The van der Waals surface area contributed by atoms with Gasteiger partial charge in [0.15, 0.2) is 6.61 Å². The summed E-state index contributed by atoms with van der Waals surface area (Å²) in [5, 5.41) is 3.92. The molecule has 1 atom stereocenters. The van der Waals surface area contributed by atoms with Crippen molar-refractivity contribution in [3.63, 3.8) is 0 Å². The lowest BCUT2D eigenvalue weighted by molar-refractivity contribution is -0.123. The molecule has 1 unspecified atom stereocenters. The number of para-hydroxylation sites is 1. The van der Waals surface area contributed by atoms with E-state index in [2.05, 4.69) is 24.4 Å². The lowest BCUT2D eigenvalue weighted by Gasteiger charge is -2.15. The van der Waals surface area contributed by atoms with E-state index in [1.165, 1.54) is 0 Å². The van der Waals surface area contributed by atoms with Gasteiger partial charge in [0.1, 0.15) is 5.75 Å². The van der Waals surface area contributed by atoms with Crippen molar-refractivity contribution < 1.29 is 9.53 Å². The summed E-state index contributed by atoms with van der Waals surface area (Å²) in [5.74, 6) is 0.866.